The Morgan fingerprint density at radius 2 is 2.42 bits per heavy atom. The second kappa shape index (κ2) is 5.95. The summed E-state index contributed by atoms with van der Waals surface area (Å²) < 4.78 is 7.97. The smallest absolute Gasteiger partial charge is 0.0948 e. The van der Waals surface area contributed by atoms with Gasteiger partial charge in [0, 0.05) is 37.9 Å². The minimum Gasteiger partial charge on any atom is -0.375 e. The Bertz CT molecular complexity index is 511. The van der Waals surface area contributed by atoms with E-state index in [0.29, 0.717) is 12.5 Å². The van der Waals surface area contributed by atoms with Crippen molar-refractivity contribution in [2.45, 2.75) is 19.7 Å². The van der Waals surface area contributed by atoms with E-state index in [-0.39, 0.29) is 0 Å². The number of nitrogens with one attached hydrogen (secondary N) is 1. The summed E-state index contributed by atoms with van der Waals surface area (Å²) >= 11 is 0. The highest BCUT2D eigenvalue weighted by molar-refractivity contribution is 5.02. The van der Waals surface area contributed by atoms with Crippen molar-refractivity contribution in [1.29, 1.82) is 0 Å². The van der Waals surface area contributed by atoms with Crippen LogP contribution in [0.2, 0.25) is 0 Å². The highest BCUT2D eigenvalue weighted by atomic mass is 16.5. The molecule has 2 aromatic rings. The van der Waals surface area contributed by atoms with Gasteiger partial charge in [-0.15, -0.1) is 0 Å². The lowest BCUT2D eigenvalue weighted by Crippen LogP contribution is -2.25. The van der Waals surface area contributed by atoms with Gasteiger partial charge in [-0.05, 0) is 12.1 Å². The molecule has 5 nitrogen and oxygen atoms in total. The molecule has 0 unspecified atom stereocenters. The first-order valence-corrected chi connectivity index (χ1v) is 6.59. The quantitative estimate of drug-likeness (QED) is 0.895. The average Bonchev–Trinajstić information content (AvgIpc) is 2.79. The lowest BCUT2D eigenvalue weighted by atomic mass is 10.1. The summed E-state index contributed by atoms with van der Waals surface area (Å²) in [5.41, 5.74) is 2.22. The van der Waals surface area contributed by atoms with E-state index in [1.165, 1.54) is 5.69 Å². The van der Waals surface area contributed by atoms with Crippen LogP contribution in [-0.2, 0) is 24.4 Å². The predicted molar refractivity (Wildman–Crippen MR) is 71.3 cm³/mol. The molecule has 100 valence electrons. The summed E-state index contributed by atoms with van der Waals surface area (Å²) in [6.45, 7) is 4.14. The minimum atomic E-state index is 0.471. The molecule has 19 heavy (non-hydrogen) atoms. The zero-order chi connectivity index (χ0) is 12.9. The summed E-state index contributed by atoms with van der Waals surface area (Å²) in [5, 5.41) is 3.43. The molecule has 0 saturated carbocycles. The van der Waals surface area contributed by atoms with E-state index in [4.69, 9.17) is 4.74 Å². The van der Waals surface area contributed by atoms with E-state index in [1.54, 1.807) is 6.20 Å². The second-order valence-electron chi connectivity index (χ2n) is 4.87. The van der Waals surface area contributed by atoms with Crippen molar-refractivity contribution >= 4 is 0 Å². The SMILES string of the molecule is c1ccc(COC[C@@H]2CNCc3cncn3C2)nc1. The second-order valence-corrected chi connectivity index (χ2v) is 4.87. The normalized spacial score (nSPS) is 18.8. The molecule has 1 atom stereocenters. The van der Waals surface area contributed by atoms with E-state index in [9.17, 15) is 0 Å². The molecule has 0 spiro atoms. The van der Waals surface area contributed by atoms with Crippen LogP contribution in [0.25, 0.3) is 0 Å². The Morgan fingerprint density at radius 1 is 1.42 bits per heavy atom. The lowest BCUT2D eigenvalue weighted by Gasteiger charge is -2.15. The fourth-order valence-corrected chi connectivity index (χ4v) is 2.33. The van der Waals surface area contributed by atoms with Gasteiger partial charge in [0.05, 0.1) is 30.9 Å². The molecule has 0 saturated heterocycles. The summed E-state index contributed by atoms with van der Waals surface area (Å²) in [6.07, 6.45) is 5.61. The van der Waals surface area contributed by atoms with E-state index in [2.05, 4.69) is 19.9 Å². The molecule has 0 bridgehead atoms. The molecule has 3 rings (SSSR count). The van der Waals surface area contributed by atoms with Crippen LogP contribution in [0.1, 0.15) is 11.4 Å². The van der Waals surface area contributed by atoms with Crippen LogP contribution < -0.4 is 5.32 Å². The molecule has 0 amide bonds. The molecule has 0 aromatic carbocycles. The van der Waals surface area contributed by atoms with Crippen LogP contribution in [0.15, 0.2) is 36.9 Å². The van der Waals surface area contributed by atoms with Gasteiger partial charge in [0.2, 0.25) is 0 Å². The fourth-order valence-electron chi connectivity index (χ4n) is 2.33. The molecular weight excluding hydrogens is 240 g/mol. The van der Waals surface area contributed by atoms with Crippen molar-refractivity contribution in [1.82, 2.24) is 19.9 Å². The van der Waals surface area contributed by atoms with Gasteiger partial charge in [-0.3, -0.25) is 4.98 Å². The van der Waals surface area contributed by atoms with Gasteiger partial charge in [-0.2, -0.15) is 0 Å². The van der Waals surface area contributed by atoms with Crippen molar-refractivity contribution in [3.63, 3.8) is 0 Å². The first kappa shape index (κ1) is 12.3. The van der Waals surface area contributed by atoms with E-state index in [0.717, 1.165) is 31.9 Å². The monoisotopic (exact) mass is 258 g/mol. The van der Waals surface area contributed by atoms with E-state index >= 15 is 0 Å². The Labute approximate surface area is 112 Å². The Balaban J connectivity index is 1.51. The van der Waals surface area contributed by atoms with Gasteiger partial charge in [0.25, 0.3) is 0 Å². The summed E-state index contributed by atoms with van der Waals surface area (Å²) in [7, 11) is 0. The number of pyridine rings is 1. The highest BCUT2D eigenvalue weighted by Crippen LogP contribution is 2.10. The van der Waals surface area contributed by atoms with Crippen LogP contribution in [0, 0.1) is 5.92 Å². The zero-order valence-electron chi connectivity index (χ0n) is 10.8. The Kier molecular flexibility index (Phi) is 3.86. The van der Waals surface area contributed by atoms with Crippen molar-refractivity contribution in [3.05, 3.63) is 48.3 Å². The van der Waals surface area contributed by atoms with Crippen LogP contribution in [0.5, 0.6) is 0 Å². The molecular formula is C14H18N4O. The summed E-state index contributed by atoms with van der Waals surface area (Å²) in [6, 6.07) is 5.88. The molecule has 3 heterocycles. The third kappa shape index (κ3) is 3.19. The largest absolute Gasteiger partial charge is 0.375 e. The first-order valence-electron chi connectivity index (χ1n) is 6.59. The van der Waals surface area contributed by atoms with Crippen LogP contribution in [-0.4, -0.2) is 27.7 Å². The van der Waals surface area contributed by atoms with Crippen molar-refractivity contribution in [2.24, 2.45) is 5.92 Å². The molecule has 2 aromatic heterocycles. The first-order chi connectivity index (χ1) is 9.42. The molecule has 0 aliphatic carbocycles. The number of ether oxygens (including phenoxy) is 1. The molecule has 0 fully saturated rings. The maximum atomic E-state index is 5.77. The topological polar surface area (TPSA) is 52.0 Å². The molecule has 1 aliphatic rings. The van der Waals surface area contributed by atoms with Gasteiger partial charge < -0.3 is 14.6 Å². The van der Waals surface area contributed by atoms with Crippen molar-refractivity contribution < 1.29 is 4.74 Å². The summed E-state index contributed by atoms with van der Waals surface area (Å²) in [5.74, 6) is 0.471. The number of hydrogen-bond donors (Lipinski definition) is 1. The fraction of sp³-hybridized carbons (Fsp3) is 0.429. The standard InChI is InChI=1S/C14H18N4O/c1-2-4-17-13(3-1)10-19-9-12-5-15-6-14-7-16-11-18(14)8-12/h1-4,7,11-12,15H,5-6,8-10H2/t12-/m1/s1. The van der Waals surface area contributed by atoms with Crippen LogP contribution in [0.4, 0.5) is 0 Å². The number of aromatic nitrogens is 3. The maximum absolute atomic E-state index is 5.77. The minimum absolute atomic E-state index is 0.471. The molecule has 1 aliphatic heterocycles. The zero-order valence-corrected chi connectivity index (χ0v) is 10.8. The lowest BCUT2D eigenvalue weighted by molar-refractivity contribution is 0.0803. The van der Waals surface area contributed by atoms with Gasteiger partial charge in [0.15, 0.2) is 0 Å². The van der Waals surface area contributed by atoms with Crippen molar-refractivity contribution in [3.8, 4) is 0 Å². The highest BCUT2D eigenvalue weighted by Gasteiger charge is 2.16. The maximum Gasteiger partial charge on any atom is 0.0948 e. The van der Waals surface area contributed by atoms with E-state index in [1.807, 2.05) is 30.7 Å². The predicted octanol–water partition coefficient (Wildman–Crippen LogP) is 1.21. The van der Waals surface area contributed by atoms with Gasteiger partial charge >= 0.3 is 0 Å². The van der Waals surface area contributed by atoms with Gasteiger partial charge in [0.1, 0.15) is 0 Å². The number of rotatable bonds is 4. The number of fused-ring (bicyclic) bond motifs is 1. The van der Waals surface area contributed by atoms with Gasteiger partial charge in [-0.1, -0.05) is 6.07 Å². The average molecular weight is 258 g/mol. The number of nitrogens with zero attached hydrogens (tertiary/aromatic N) is 3. The number of hydrogen-bond acceptors (Lipinski definition) is 4. The number of imidazole rings is 1. The summed E-state index contributed by atoms with van der Waals surface area (Å²) in [4.78, 5) is 8.43. The van der Waals surface area contributed by atoms with Crippen molar-refractivity contribution in [2.75, 3.05) is 13.2 Å². The molecule has 0 radical (unpaired) electrons. The Morgan fingerprint density at radius 3 is 3.32 bits per heavy atom. The van der Waals surface area contributed by atoms with Gasteiger partial charge in [-0.25, -0.2) is 4.98 Å². The third-order valence-corrected chi connectivity index (χ3v) is 3.32. The molecule has 5 heteroatoms. The van der Waals surface area contributed by atoms with E-state index < -0.39 is 0 Å². The van der Waals surface area contributed by atoms with Crippen LogP contribution in [0.3, 0.4) is 0 Å². The molecule has 1 N–H and O–H groups in total. The Hall–Kier alpha value is -1.72. The third-order valence-electron chi connectivity index (χ3n) is 3.32. The van der Waals surface area contributed by atoms with Crippen LogP contribution >= 0.6 is 0 Å².